The second-order valence-corrected chi connectivity index (χ2v) is 1.62. The van der Waals surface area contributed by atoms with Crippen molar-refractivity contribution in [1.29, 1.82) is 0 Å². The van der Waals surface area contributed by atoms with Crippen molar-refractivity contribution < 1.29 is 9.59 Å². The van der Waals surface area contributed by atoms with E-state index in [-0.39, 0.29) is 5.78 Å². The lowest BCUT2D eigenvalue weighted by molar-refractivity contribution is -0.116. The maximum Gasteiger partial charge on any atom is 0.234 e. The molecule has 0 saturated heterocycles. The van der Waals surface area contributed by atoms with Crippen molar-refractivity contribution in [3.8, 4) is 0 Å². The molecule has 0 aliphatic rings. The molecule has 0 rings (SSSR count). The number of ketones is 1. The molecule has 58 valence electrons. The highest BCUT2D eigenvalue weighted by molar-refractivity contribution is 5.74. The van der Waals surface area contributed by atoms with Crippen LogP contribution in [0.2, 0.25) is 0 Å². The molecule has 3 heteroatoms. The molecule has 0 aliphatic carbocycles. The van der Waals surface area contributed by atoms with Gasteiger partial charge in [-0.25, -0.2) is 9.79 Å². The van der Waals surface area contributed by atoms with Crippen LogP contribution < -0.4 is 0 Å². The Hall–Kier alpha value is -0.950. The van der Waals surface area contributed by atoms with E-state index in [0.29, 0.717) is 13.0 Å². The van der Waals surface area contributed by atoms with Crippen molar-refractivity contribution in [2.75, 3.05) is 6.54 Å². The standard InChI is InChI=1S/C4H8O.C3H5NO/c1-3-4(2)5;1-2-4-3-5/h3H2,1-2H3;2H2,1H3. The highest BCUT2D eigenvalue weighted by Gasteiger charge is 1.76. The highest BCUT2D eigenvalue weighted by atomic mass is 16.1. The molecule has 0 amide bonds. The van der Waals surface area contributed by atoms with E-state index in [1.54, 1.807) is 13.8 Å². The second-order valence-electron chi connectivity index (χ2n) is 1.62. The number of isocyanates is 1. The predicted octanol–water partition coefficient (Wildman–Crippen LogP) is 1.33. The maximum absolute atomic E-state index is 9.81. The Kier molecular flexibility index (Phi) is 12.9. The van der Waals surface area contributed by atoms with Crippen LogP contribution in [0.1, 0.15) is 27.2 Å². The zero-order valence-electron chi connectivity index (χ0n) is 6.68. The van der Waals surface area contributed by atoms with Crippen molar-refractivity contribution in [2.45, 2.75) is 27.2 Å². The minimum absolute atomic E-state index is 0.255. The van der Waals surface area contributed by atoms with Crippen LogP contribution in [0.5, 0.6) is 0 Å². The first-order valence-corrected chi connectivity index (χ1v) is 3.22. The minimum Gasteiger partial charge on any atom is -0.300 e. The van der Waals surface area contributed by atoms with Crippen molar-refractivity contribution >= 4 is 11.9 Å². The lowest BCUT2D eigenvalue weighted by atomic mass is 10.4. The second kappa shape index (κ2) is 10.9. The van der Waals surface area contributed by atoms with Crippen LogP contribution >= 0.6 is 0 Å². The lowest BCUT2D eigenvalue weighted by Crippen LogP contribution is -1.80. The molecular formula is C7H13NO2. The first-order valence-electron chi connectivity index (χ1n) is 3.22. The number of carbonyl (C=O) groups excluding carboxylic acids is 2. The number of Topliss-reactive ketones (excluding diaryl/α,β-unsaturated/α-hetero) is 1. The van der Waals surface area contributed by atoms with E-state index < -0.39 is 0 Å². The van der Waals surface area contributed by atoms with Gasteiger partial charge in [0.2, 0.25) is 6.08 Å². The van der Waals surface area contributed by atoms with E-state index in [2.05, 4.69) is 4.99 Å². The monoisotopic (exact) mass is 143 g/mol. The zero-order valence-corrected chi connectivity index (χ0v) is 6.68. The highest BCUT2D eigenvalue weighted by Crippen LogP contribution is 1.71. The van der Waals surface area contributed by atoms with Crippen molar-refractivity contribution in [1.82, 2.24) is 0 Å². The number of aliphatic imine (C=N–C) groups is 1. The third kappa shape index (κ3) is 27.7. The molecule has 0 spiro atoms. The Balaban J connectivity index is 0. The molecule has 0 N–H and O–H groups in total. The number of hydrogen-bond donors (Lipinski definition) is 0. The summed E-state index contributed by atoms with van der Waals surface area (Å²) in [6.45, 7) is 5.76. The fourth-order valence-corrected chi connectivity index (χ4v) is 0.0645. The Bertz CT molecular complexity index is 124. The van der Waals surface area contributed by atoms with Crippen LogP contribution in [0.3, 0.4) is 0 Å². The summed E-state index contributed by atoms with van der Waals surface area (Å²) in [5.74, 6) is 0.255. The summed E-state index contributed by atoms with van der Waals surface area (Å²) in [6.07, 6.45) is 2.06. The first-order chi connectivity index (χ1) is 4.68. The Morgan fingerprint density at radius 1 is 1.50 bits per heavy atom. The van der Waals surface area contributed by atoms with E-state index in [0.717, 1.165) is 0 Å². The average molecular weight is 143 g/mol. The predicted molar refractivity (Wildman–Crippen MR) is 39.6 cm³/mol. The van der Waals surface area contributed by atoms with E-state index in [4.69, 9.17) is 4.79 Å². The molecule has 0 aliphatic heterocycles. The van der Waals surface area contributed by atoms with Gasteiger partial charge in [0.1, 0.15) is 5.78 Å². The molecule has 0 fully saturated rings. The van der Waals surface area contributed by atoms with Gasteiger partial charge in [-0.2, -0.15) is 0 Å². The number of carbonyl (C=O) groups is 1. The quantitative estimate of drug-likeness (QED) is 0.432. The minimum atomic E-state index is 0.255. The van der Waals surface area contributed by atoms with Gasteiger partial charge in [0.15, 0.2) is 0 Å². The van der Waals surface area contributed by atoms with Crippen molar-refractivity contribution in [3.63, 3.8) is 0 Å². The fraction of sp³-hybridized carbons (Fsp3) is 0.714. The van der Waals surface area contributed by atoms with E-state index >= 15 is 0 Å². The lowest BCUT2D eigenvalue weighted by Gasteiger charge is -1.71. The maximum atomic E-state index is 9.81. The molecule has 0 bridgehead atoms. The topological polar surface area (TPSA) is 46.5 Å². The van der Waals surface area contributed by atoms with Gasteiger partial charge < -0.3 is 4.79 Å². The van der Waals surface area contributed by atoms with E-state index in [1.807, 2.05) is 6.92 Å². The summed E-state index contributed by atoms with van der Waals surface area (Å²) >= 11 is 0. The normalized spacial score (nSPS) is 6.70. The molecule has 10 heavy (non-hydrogen) atoms. The van der Waals surface area contributed by atoms with Crippen LogP contribution in [-0.4, -0.2) is 18.4 Å². The first kappa shape index (κ1) is 11.8. The van der Waals surface area contributed by atoms with Crippen LogP contribution in [0.25, 0.3) is 0 Å². The Morgan fingerprint density at radius 2 is 1.90 bits per heavy atom. The molecule has 0 unspecified atom stereocenters. The summed E-state index contributed by atoms with van der Waals surface area (Å²) < 4.78 is 0. The molecular weight excluding hydrogens is 130 g/mol. The van der Waals surface area contributed by atoms with Gasteiger partial charge in [-0.1, -0.05) is 6.92 Å². The van der Waals surface area contributed by atoms with E-state index in [9.17, 15) is 4.79 Å². The van der Waals surface area contributed by atoms with Gasteiger partial charge in [0, 0.05) is 13.0 Å². The molecule has 0 radical (unpaired) electrons. The summed E-state index contributed by atoms with van der Waals surface area (Å²) in [5, 5.41) is 0. The molecule has 0 aromatic carbocycles. The van der Waals surface area contributed by atoms with Crippen LogP contribution in [-0.2, 0) is 9.59 Å². The third-order valence-electron chi connectivity index (χ3n) is 0.721. The largest absolute Gasteiger partial charge is 0.300 e. The molecule has 0 aromatic heterocycles. The Morgan fingerprint density at radius 3 is 1.90 bits per heavy atom. The summed E-state index contributed by atoms with van der Waals surface area (Å²) in [7, 11) is 0. The van der Waals surface area contributed by atoms with Crippen LogP contribution in [0.15, 0.2) is 4.99 Å². The average Bonchev–Trinajstić information content (AvgIpc) is 1.91. The van der Waals surface area contributed by atoms with Crippen molar-refractivity contribution in [2.24, 2.45) is 4.99 Å². The SMILES string of the molecule is CCC(C)=O.CCN=C=O. The van der Waals surface area contributed by atoms with Crippen LogP contribution in [0, 0.1) is 0 Å². The van der Waals surface area contributed by atoms with E-state index in [1.165, 1.54) is 6.08 Å². The van der Waals surface area contributed by atoms with Crippen molar-refractivity contribution in [3.05, 3.63) is 0 Å². The number of hydrogen-bond acceptors (Lipinski definition) is 3. The van der Waals surface area contributed by atoms with Gasteiger partial charge in [-0.05, 0) is 13.8 Å². The van der Waals surface area contributed by atoms with Gasteiger partial charge in [-0.15, -0.1) is 0 Å². The molecule has 3 nitrogen and oxygen atoms in total. The van der Waals surface area contributed by atoms with Gasteiger partial charge >= 0.3 is 0 Å². The third-order valence-corrected chi connectivity index (χ3v) is 0.721. The van der Waals surface area contributed by atoms with Gasteiger partial charge in [0.25, 0.3) is 0 Å². The number of nitrogens with zero attached hydrogens (tertiary/aromatic N) is 1. The zero-order chi connectivity index (χ0) is 8.41. The summed E-state index contributed by atoms with van der Waals surface area (Å²) in [4.78, 5) is 22.1. The molecule has 0 aromatic rings. The van der Waals surface area contributed by atoms with Gasteiger partial charge in [-0.3, -0.25) is 0 Å². The molecule has 0 atom stereocenters. The molecule has 0 saturated carbocycles. The Labute approximate surface area is 61.2 Å². The smallest absolute Gasteiger partial charge is 0.234 e. The fourth-order valence-electron chi connectivity index (χ4n) is 0.0645. The summed E-state index contributed by atoms with van der Waals surface area (Å²) in [6, 6.07) is 0. The summed E-state index contributed by atoms with van der Waals surface area (Å²) in [5.41, 5.74) is 0. The molecule has 0 heterocycles. The van der Waals surface area contributed by atoms with Gasteiger partial charge in [0.05, 0.1) is 0 Å². The van der Waals surface area contributed by atoms with Crippen LogP contribution in [0.4, 0.5) is 0 Å². The number of rotatable bonds is 2.